The Morgan fingerprint density at radius 3 is 2.24 bits per heavy atom. The molecule has 3 rings (SSSR count). The van der Waals surface area contributed by atoms with Crippen molar-refractivity contribution in [2.24, 2.45) is 0 Å². The lowest BCUT2D eigenvalue weighted by atomic mass is 10.1. The first-order chi connectivity index (χ1) is 12.0. The van der Waals surface area contributed by atoms with Gasteiger partial charge in [0.05, 0.1) is 12.7 Å². The molecule has 1 aliphatic rings. The van der Waals surface area contributed by atoms with Gasteiger partial charge in [-0.1, -0.05) is 24.3 Å². The van der Waals surface area contributed by atoms with Crippen molar-refractivity contribution in [3.63, 3.8) is 0 Å². The van der Waals surface area contributed by atoms with E-state index in [9.17, 15) is 19.1 Å². The van der Waals surface area contributed by atoms with Gasteiger partial charge in [0.25, 0.3) is 11.8 Å². The molecule has 1 aliphatic heterocycles. The zero-order chi connectivity index (χ0) is 18.0. The van der Waals surface area contributed by atoms with Crippen LogP contribution >= 0.6 is 0 Å². The smallest absolute Gasteiger partial charge is 0.296 e. The van der Waals surface area contributed by atoms with Gasteiger partial charge in [-0.05, 0) is 41.8 Å². The van der Waals surface area contributed by atoms with Crippen molar-refractivity contribution in [3.8, 4) is 5.75 Å². The molecular formula is C19H16FNO4. The summed E-state index contributed by atoms with van der Waals surface area (Å²) >= 11 is 0. The molecule has 0 aromatic heterocycles. The topological polar surface area (TPSA) is 66.8 Å². The minimum atomic E-state index is -0.738. The number of carbonyl (C=O) groups is 2. The van der Waals surface area contributed by atoms with Gasteiger partial charge >= 0.3 is 0 Å². The Morgan fingerprint density at radius 1 is 1.00 bits per heavy atom. The van der Waals surface area contributed by atoms with Gasteiger partial charge in [0.15, 0.2) is 5.76 Å². The second-order valence-corrected chi connectivity index (χ2v) is 5.59. The maximum atomic E-state index is 13.0. The monoisotopic (exact) mass is 341 g/mol. The summed E-state index contributed by atoms with van der Waals surface area (Å²) in [5.41, 5.74) is 1.14. The summed E-state index contributed by atoms with van der Waals surface area (Å²) in [6.07, 6.45) is 0.450. The molecule has 0 radical (unpaired) electrons. The van der Waals surface area contributed by atoms with Crippen LogP contribution in [0.2, 0.25) is 0 Å². The lowest BCUT2D eigenvalue weighted by Gasteiger charge is -2.14. The van der Waals surface area contributed by atoms with Crippen LogP contribution in [-0.4, -0.2) is 35.5 Å². The van der Waals surface area contributed by atoms with E-state index in [0.29, 0.717) is 12.0 Å². The number of aliphatic hydroxyl groups is 1. The van der Waals surface area contributed by atoms with Gasteiger partial charge in [0, 0.05) is 6.54 Å². The van der Waals surface area contributed by atoms with E-state index in [2.05, 4.69) is 0 Å². The van der Waals surface area contributed by atoms with Gasteiger partial charge in [0.1, 0.15) is 11.6 Å². The molecule has 0 spiro atoms. The van der Waals surface area contributed by atoms with E-state index in [-0.39, 0.29) is 12.1 Å². The summed E-state index contributed by atoms with van der Waals surface area (Å²) in [6.45, 7) is 0.138. The fourth-order valence-electron chi connectivity index (χ4n) is 2.68. The number of carbonyl (C=O) groups excluding carboxylic acids is 2. The van der Waals surface area contributed by atoms with E-state index >= 15 is 0 Å². The standard InChI is InChI=1S/C19H16FNO4/c1-25-15-8-2-12(3-9-15)10-11-21-18(23)16(17(22)19(21)24)13-4-6-14(20)7-5-13/h2-9,22H,10-11H2,1H3. The van der Waals surface area contributed by atoms with Gasteiger partial charge in [-0.3, -0.25) is 14.5 Å². The zero-order valence-corrected chi connectivity index (χ0v) is 13.5. The Kier molecular flexibility index (Phi) is 4.52. The van der Waals surface area contributed by atoms with Crippen LogP contribution in [0.5, 0.6) is 5.75 Å². The highest BCUT2D eigenvalue weighted by molar-refractivity contribution is 6.34. The van der Waals surface area contributed by atoms with Crippen LogP contribution in [0.3, 0.4) is 0 Å². The number of amides is 2. The van der Waals surface area contributed by atoms with Crippen molar-refractivity contribution in [1.29, 1.82) is 0 Å². The fraction of sp³-hybridized carbons (Fsp3) is 0.158. The molecule has 0 saturated heterocycles. The van der Waals surface area contributed by atoms with Crippen LogP contribution in [0.1, 0.15) is 11.1 Å². The Bertz CT molecular complexity index is 841. The van der Waals surface area contributed by atoms with Crippen molar-refractivity contribution >= 4 is 17.4 Å². The van der Waals surface area contributed by atoms with Crippen molar-refractivity contribution in [1.82, 2.24) is 4.90 Å². The highest BCUT2D eigenvalue weighted by Crippen LogP contribution is 2.28. The maximum absolute atomic E-state index is 13.0. The molecule has 128 valence electrons. The van der Waals surface area contributed by atoms with E-state index in [1.54, 1.807) is 19.2 Å². The molecule has 5 nitrogen and oxygen atoms in total. The van der Waals surface area contributed by atoms with E-state index in [1.807, 2.05) is 12.1 Å². The van der Waals surface area contributed by atoms with Crippen LogP contribution in [-0.2, 0) is 16.0 Å². The molecule has 0 atom stereocenters. The molecule has 0 unspecified atom stereocenters. The van der Waals surface area contributed by atoms with Gasteiger partial charge in [-0.25, -0.2) is 4.39 Å². The normalized spacial score (nSPS) is 14.4. The third-order valence-corrected chi connectivity index (χ3v) is 4.06. The lowest BCUT2D eigenvalue weighted by molar-refractivity contribution is -0.138. The number of imide groups is 1. The second kappa shape index (κ2) is 6.76. The third kappa shape index (κ3) is 3.24. The van der Waals surface area contributed by atoms with Crippen molar-refractivity contribution in [2.45, 2.75) is 6.42 Å². The Morgan fingerprint density at radius 2 is 1.64 bits per heavy atom. The summed E-state index contributed by atoms with van der Waals surface area (Å²) in [5, 5.41) is 10.0. The highest BCUT2D eigenvalue weighted by atomic mass is 19.1. The predicted octanol–water partition coefficient (Wildman–Crippen LogP) is 2.71. The average molecular weight is 341 g/mol. The van der Waals surface area contributed by atoms with Gasteiger partial charge in [0.2, 0.25) is 0 Å². The molecule has 0 bridgehead atoms. The Balaban J connectivity index is 1.75. The lowest BCUT2D eigenvalue weighted by Crippen LogP contribution is -2.33. The maximum Gasteiger partial charge on any atom is 0.296 e. The molecule has 6 heteroatoms. The summed E-state index contributed by atoms with van der Waals surface area (Å²) in [4.78, 5) is 25.7. The zero-order valence-electron chi connectivity index (χ0n) is 13.5. The second-order valence-electron chi connectivity index (χ2n) is 5.59. The van der Waals surface area contributed by atoms with Crippen molar-refractivity contribution in [3.05, 3.63) is 71.2 Å². The molecule has 0 aliphatic carbocycles. The number of nitrogens with zero attached hydrogens (tertiary/aromatic N) is 1. The van der Waals surface area contributed by atoms with Crippen LogP contribution in [0.15, 0.2) is 54.3 Å². The summed E-state index contributed by atoms with van der Waals surface area (Å²) in [5.74, 6) is -1.67. The predicted molar refractivity (Wildman–Crippen MR) is 89.4 cm³/mol. The third-order valence-electron chi connectivity index (χ3n) is 4.06. The molecule has 2 aromatic rings. The minimum Gasteiger partial charge on any atom is -0.502 e. The first-order valence-corrected chi connectivity index (χ1v) is 7.69. The summed E-state index contributed by atoms with van der Waals surface area (Å²) < 4.78 is 18.1. The number of benzene rings is 2. The SMILES string of the molecule is COc1ccc(CCN2C(=O)C(O)=C(c3ccc(F)cc3)C2=O)cc1. The number of hydrogen-bond acceptors (Lipinski definition) is 4. The molecule has 2 amide bonds. The van der Waals surface area contributed by atoms with Crippen LogP contribution < -0.4 is 4.74 Å². The number of ether oxygens (including phenoxy) is 1. The highest BCUT2D eigenvalue weighted by Gasteiger charge is 2.38. The Labute approximate surface area is 144 Å². The molecule has 2 aromatic carbocycles. The molecule has 0 fully saturated rings. The Hall–Kier alpha value is -3.15. The van der Waals surface area contributed by atoms with Gasteiger partial charge in [-0.2, -0.15) is 0 Å². The van der Waals surface area contributed by atoms with E-state index in [4.69, 9.17) is 4.74 Å². The quantitative estimate of drug-likeness (QED) is 0.849. The molecule has 0 saturated carbocycles. The summed E-state index contributed by atoms with van der Waals surface area (Å²) in [6, 6.07) is 12.3. The van der Waals surface area contributed by atoms with Crippen LogP contribution in [0.4, 0.5) is 4.39 Å². The minimum absolute atomic E-state index is 0.0975. The van der Waals surface area contributed by atoms with E-state index in [0.717, 1.165) is 16.2 Å². The van der Waals surface area contributed by atoms with Crippen LogP contribution in [0, 0.1) is 5.82 Å². The van der Waals surface area contributed by atoms with Crippen molar-refractivity contribution in [2.75, 3.05) is 13.7 Å². The van der Waals surface area contributed by atoms with E-state index in [1.165, 1.54) is 24.3 Å². The molecule has 1 N–H and O–H groups in total. The van der Waals surface area contributed by atoms with E-state index < -0.39 is 23.4 Å². The first-order valence-electron chi connectivity index (χ1n) is 7.69. The molecular weight excluding hydrogens is 325 g/mol. The number of hydrogen-bond donors (Lipinski definition) is 1. The molecule has 1 heterocycles. The van der Waals surface area contributed by atoms with Gasteiger partial charge in [-0.15, -0.1) is 0 Å². The number of rotatable bonds is 5. The first kappa shape index (κ1) is 16.7. The van der Waals surface area contributed by atoms with Crippen LogP contribution in [0.25, 0.3) is 5.57 Å². The largest absolute Gasteiger partial charge is 0.502 e. The molecule has 25 heavy (non-hydrogen) atoms. The fourth-order valence-corrected chi connectivity index (χ4v) is 2.68. The van der Waals surface area contributed by atoms with Gasteiger partial charge < -0.3 is 9.84 Å². The number of methoxy groups -OCH3 is 1. The summed E-state index contributed by atoms with van der Waals surface area (Å²) in [7, 11) is 1.57. The van der Waals surface area contributed by atoms with Crippen molar-refractivity contribution < 1.29 is 23.8 Å². The number of aliphatic hydroxyl groups excluding tert-OH is 1. The average Bonchev–Trinajstić information content (AvgIpc) is 2.84. The number of halogens is 1.